The van der Waals surface area contributed by atoms with Crippen molar-refractivity contribution in [3.63, 3.8) is 0 Å². The number of carbonyl (C=O) groups is 4. The van der Waals surface area contributed by atoms with Gasteiger partial charge in [0.05, 0.1) is 50.1 Å². The van der Waals surface area contributed by atoms with Crippen LogP contribution in [0.1, 0.15) is 376 Å². The number of hydrogen-bond donors (Lipinski definition) is 0. The second-order valence-electron chi connectivity index (χ2n) is 27.8. The molecule has 534 valence electrons. The summed E-state index contributed by atoms with van der Waals surface area (Å²) in [7, 11) is 2.31. The lowest BCUT2D eigenvalue weighted by Gasteiger charge is -2.26. The van der Waals surface area contributed by atoms with Gasteiger partial charge in [0.15, 0.2) is 0 Å². The zero-order valence-electron chi connectivity index (χ0n) is 61.8. The standard InChI is InChI=1S/C79H155N3O8/c1-10-18-26-38-56-72(52-22-14-5)76(83)87-68-46-34-30-42-62-81(63-43-31-35-47-69-88-77(84)73(53-23-15-6)57-39-27-19-11-2)66-50-60-80(9)61-51-67-82(64-44-32-36-48-70-89-78(85)74(54-24-16-7)58-40-28-20-12-3)65-45-33-37-49-71-90-79(86)75(55-25-17-8)59-41-29-21-13-4/h72-75H,10-71H2,1-9H3. The van der Waals surface area contributed by atoms with Gasteiger partial charge in [-0.15, -0.1) is 0 Å². The van der Waals surface area contributed by atoms with Crippen molar-refractivity contribution in [1.82, 2.24) is 14.7 Å². The molecule has 0 heterocycles. The summed E-state index contributed by atoms with van der Waals surface area (Å²) < 4.78 is 23.5. The second kappa shape index (κ2) is 68.2. The van der Waals surface area contributed by atoms with Gasteiger partial charge in [0.1, 0.15) is 0 Å². The maximum absolute atomic E-state index is 13.1. The van der Waals surface area contributed by atoms with Gasteiger partial charge in [-0.2, -0.15) is 0 Å². The van der Waals surface area contributed by atoms with Crippen molar-refractivity contribution in [3.8, 4) is 0 Å². The fourth-order valence-electron chi connectivity index (χ4n) is 12.8. The summed E-state index contributed by atoms with van der Waals surface area (Å²) >= 11 is 0. The zero-order valence-corrected chi connectivity index (χ0v) is 61.8. The monoisotopic (exact) mass is 1270 g/mol. The Kier molecular flexibility index (Phi) is 66.5. The Bertz CT molecular complexity index is 1340. The largest absolute Gasteiger partial charge is 0.465 e. The van der Waals surface area contributed by atoms with Gasteiger partial charge in [-0.1, -0.05) is 261 Å². The third-order valence-electron chi connectivity index (χ3n) is 19.1. The zero-order chi connectivity index (χ0) is 66.0. The lowest BCUT2D eigenvalue weighted by atomic mass is 9.95. The Morgan fingerprint density at radius 3 is 0.633 bits per heavy atom. The molecule has 0 saturated heterocycles. The molecular formula is C79H155N3O8. The topological polar surface area (TPSA) is 115 Å². The maximum Gasteiger partial charge on any atom is 0.308 e. The molecule has 90 heavy (non-hydrogen) atoms. The summed E-state index contributed by atoms with van der Waals surface area (Å²) in [6.45, 7) is 28.8. The minimum absolute atomic E-state index is 0.0385. The van der Waals surface area contributed by atoms with E-state index in [0.29, 0.717) is 26.4 Å². The first-order valence-corrected chi connectivity index (χ1v) is 39.8. The molecule has 0 aromatic rings. The summed E-state index contributed by atoms with van der Waals surface area (Å²) in [6.07, 6.45) is 55.6. The average Bonchev–Trinajstić information content (AvgIpc) is 3.75. The van der Waals surface area contributed by atoms with E-state index < -0.39 is 0 Å². The Morgan fingerprint density at radius 1 is 0.222 bits per heavy atom. The SMILES string of the molecule is CCCCCCC(CCCC)C(=O)OCCCCCCN(CCCCCCOC(=O)C(CCCC)CCCCCC)CCCN(C)CCCN(CCCCCCOC(=O)C(CCCC)CCCCCC)CCCCCCOC(=O)C(CCCC)CCCCCC. The summed E-state index contributed by atoms with van der Waals surface area (Å²) in [4.78, 5) is 60.3. The van der Waals surface area contributed by atoms with Crippen LogP contribution in [0, 0.1) is 23.7 Å². The lowest BCUT2D eigenvalue weighted by Crippen LogP contribution is -2.32. The summed E-state index contributed by atoms with van der Waals surface area (Å²) in [5.41, 5.74) is 0. The summed E-state index contributed by atoms with van der Waals surface area (Å²) in [5.74, 6) is 0.425. The number of ether oxygens (including phenoxy) is 4. The molecule has 11 heteroatoms. The molecule has 0 rings (SSSR count). The summed E-state index contributed by atoms with van der Waals surface area (Å²) in [5, 5.41) is 0. The first kappa shape index (κ1) is 87.8. The van der Waals surface area contributed by atoms with Crippen molar-refractivity contribution >= 4 is 23.9 Å². The fourth-order valence-corrected chi connectivity index (χ4v) is 12.8. The van der Waals surface area contributed by atoms with Crippen molar-refractivity contribution < 1.29 is 38.1 Å². The molecule has 0 bridgehead atoms. The van der Waals surface area contributed by atoms with Gasteiger partial charge in [0.25, 0.3) is 0 Å². The van der Waals surface area contributed by atoms with Gasteiger partial charge in [0, 0.05) is 0 Å². The highest BCUT2D eigenvalue weighted by atomic mass is 16.5. The molecular weight excluding hydrogens is 1120 g/mol. The molecule has 4 atom stereocenters. The minimum Gasteiger partial charge on any atom is -0.465 e. The molecule has 0 amide bonds. The maximum atomic E-state index is 13.1. The first-order valence-electron chi connectivity index (χ1n) is 39.8. The van der Waals surface area contributed by atoms with E-state index in [1.807, 2.05) is 0 Å². The van der Waals surface area contributed by atoms with Crippen LogP contribution in [0.3, 0.4) is 0 Å². The molecule has 0 aliphatic rings. The molecule has 0 radical (unpaired) electrons. The Hall–Kier alpha value is -2.24. The molecule has 4 unspecified atom stereocenters. The Balaban J connectivity index is 5.47. The van der Waals surface area contributed by atoms with Gasteiger partial charge < -0.3 is 33.6 Å². The molecule has 0 aromatic heterocycles. The van der Waals surface area contributed by atoms with Crippen LogP contribution in [0.25, 0.3) is 0 Å². The molecule has 0 aliphatic heterocycles. The molecule has 0 spiro atoms. The van der Waals surface area contributed by atoms with Crippen molar-refractivity contribution in [2.24, 2.45) is 23.7 Å². The number of rotatable bonds is 72. The lowest BCUT2D eigenvalue weighted by molar-refractivity contribution is -0.150. The van der Waals surface area contributed by atoms with E-state index in [2.05, 4.69) is 77.1 Å². The number of nitrogens with zero attached hydrogens (tertiary/aromatic N) is 3. The predicted octanol–water partition coefficient (Wildman–Crippen LogP) is 21.8. The molecule has 0 saturated carbocycles. The van der Waals surface area contributed by atoms with E-state index in [4.69, 9.17) is 18.9 Å². The van der Waals surface area contributed by atoms with Gasteiger partial charge in [-0.25, -0.2) is 0 Å². The summed E-state index contributed by atoms with van der Waals surface area (Å²) in [6, 6.07) is 0. The number of esters is 4. The molecule has 11 nitrogen and oxygen atoms in total. The van der Waals surface area contributed by atoms with Crippen molar-refractivity contribution in [2.75, 3.05) is 85.8 Å². The highest BCUT2D eigenvalue weighted by molar-refractivity contribution is 5.73. The molecule has 0 aromatic carbocycles. The molecule has 0 aliphatic carbocycles. The minimum atomic E-state index is 0.0385. The number of unbranched alkanes of at least 4 members (excludes halogenated alkanes) is 28. The van der Waals surface area contributed by atoms with E-state index in [1.165, 1.54) is 103 Å². The smallest absolute Gasteiger partial charge is 0.308 e. The van der Waals surface area contributed by atoms with E-state index >= 15 is 0 Å². The molecule has 0 N–H and O–H groups in total. The highest BCUT2D eigenvalue weighted by Crippen LogP contribution is 2.24. The number of hydrogen-bond acceptors (Lipinski definition) is 11. The van der Waals surface area contributed by atoms with Crippen molar-refractivity contribution in [3.05, 3.63) is 0 Å². The van der Waals surface area contributed by atoms with Gasteiger partial charge in [-0.05, 0) is 175 Å². The highest BCUT2D eigenvalue weighted by Gasteiger charge is 2.23. The quantitative estimate of drug-likeness (QED) is 0.0329. The van der Waals surface area contributed by atoms with Gasteiger partial charge >= 0.3 is 23.9 Å². The fraction of sp³-hybridized carbons (Fsp3) is 0.949. The van der Waals surface area contributed by atoms with Crippen LogP contribution in [-0.2, 0) is 38.1 Å². The predicted molar refractivity (Wildman–Crippen MR) is 384 cm³/mol. The van der Waals surface area contributed by atoms with Crippen LogP contribution < -0.4 is 0 Å². The van der Waals surface area contributed by atoms with Crippen LogP contribution in [-0.4, -0.2) is 124 Å². The Labute approximate surface area is 560 Å². The number of carbonyl (C=O) groups excluding carboxylic acids is 4. The van der Waals surface area contributed by atoms with Crippen LogP contribution in [0.5, 0.6) is 0 Å². The second-order valence-corrected chi connectivity index (χ2v) is 27.8. The van der Waals surface area contributed by atoms with E-state index in [0.717, 1.165) is 271 Å². The van der Waals surface area contributed by atoms with Crippen molar-refractivity contribution in [2.45, 2.75) is 376 Å². The van der Waals surface area contributed by atoms with Crippen molar-refractivity contribution in [1.29, 1.82) is 0 Å². The average molecular weight is 1280 g/mol. The van der Waals surface area contributed by atoms with Crippen LogP contribution in [0.4, 0.5) is 0 Å². The molecule has 0 fully saturated rings. The van der Waals surface area contributed by atoms with E-state index in [1.54, 1.807) is 0 Å². The van der Waals surface area contributed by atoms with E-state index in [9.17, 15) is 19.2 Å². The van der Waals surface area contributed by atoms with Gasteiger partial charge in [0.2, 0.25) is 0 Å². The first-order chi connectivity index (χ1) is 44.0. The van der Waals surface area contributed by atoms with Crippen LogP contribution in [0.2, 0.25) is 0 Å². The Morgan fingerprint density at radius 2 is 0.411 bits per heavy atom. The van der Waals surface area contributed by atoms with Crippen LogP contribution in [0.15, 0.2) is 0 Å². The third-order valence-corrected chi connectivity index (χ3v) is 19.1. The third kappa shape index (κ3) is 55.1. The van der Waals surface area contributed by atoms with Gasteiger partial charge in [-0.3, -0.25) is 19.2 Å². The normalized spacial score (nSPS) is 13.1. The van der Waals surface area contributed by atoms with Crippen LogP contribution >= 0.6 is 0 Å². The van der Waals surface area contributed by atoms with E-state index in [-0.39, 0.29) is 47.5 Å².